The predicted octanol–water partition coefficient (Wildman–Crippen LogP) is 12.7. The Balaban J connectivity index is -0.000000417. The highest BCUT2D eigenvalue weighted by molar-refractivity contribution is 5.19. The number of benzene rings is 2. The summed E-state index contributed by atoms with van der Waals surface area (Å²) in [5.41, 5.74) is 4.02. The first kappa shape index (κ1) is 40.2. The summed E-state index contributed by atoms with van der Waals surface area (Å²) < 4.78 is 0. The normalized spacial score (nSPS) is 18.3. The highest BCUT2D eigenvalue weighted by Gasteiger charge is 2.28. The van der Waals surface area contributed by atoms with Crippen LogP contribution in [0.3, 0.4) is 0 Å². The van der Waals surface area contributed by atoms with Crippen LogP contribution in [-0.4, -0.2) is 0 Å². The third-order valence-electron chi connectivity index (χ3n) is 6.48. The Morgan fingerprint density at radius 3 is 1.47 bits per heavy atom. The molecule has 0 nitrogen and oxygen atoms in total. The van der Waals surface area contributed by atoms with Crippen molar-refractivity contribution in [3.05, 3.63) is 109 Å². The zero-order chi connectivity index (χ0) is 29.9. The molecule has 2 bridgehead atoms. The second kappa shape index (κ2) is 27.7. The maximum atomic E-state index is 3.56. The third-order valence-corrected chi connectivity index (χ3v) is 6.48. The van der Waals surface area contributed by atoms with E-state index in [-0.39, 0.29) is 0 Å². The van der Waals surface area contributed by atoms with Crippen molar-refractivity contribution in [2.24, 2.45) is 23.7 Å². The van der Waals surface area contributed by atoms with Crippen molar-refractivity contribution in [2.45, 2.75) is 108 Å². The van der Waals surface area contributed by atoms with E-state index in [1.54, 1.807) is 0 Å². The van der Waals surface area contributed by atoms with Gasteiger partial charge in [0.1, 0.15) is 0 Å². The minimum Gasteiger partial charge on any atom is -0.106 e. The molecule has 0 aromatic heterocycles. The maximum Gasteiger partial charge on any atom is -0.0167 e. The van der Waals surface area contributed by atoms with Crippen LogP contribution in [0.25, 0.3) is 0 Å². The van der Waals surface area contributed by atoms with Gasteiger partial charge in [0.25, 0.3) is 0 Å². The molecule has 3 unspecified atom stereocenters. The number of fused-ring (bicyclic) bond motifs is 2. The summed E-state index contributed by atoms with van der Waals surface area (Å²) in [6.07, 6.45) is 10.4. The Bertz CT molecular complexity index is 764. The summed E-state index contributed by atoms with van der Waals surface area (Å²) in [5.74, 6) is 4.28. The van der Waals surface area contributed by atoms with Gasteiger partial charge in [-0.15, -0.1) is 19.7 Å². The SMILES string of the molecule is C=C.C=C(C)C.CC.CC.CC(C)C(C)c1ccccc1.CCc1ccccc1.C[C@@H]1CC2C=CC1CC2. The van der Waals surface area contributed by atoms with Crippen LogP contribution in [0.15, 0.2) is 98.1 Å². The minimum absolute atomic E-state index is 0.677. The molecular formula is C38H64. The van der Waals surface area contributed by atoms with Crippen molar-refractivity contribution in [3.8, 4) is 0 Å². The first-order chi connectivity index (χ1) is 18.2. The van der Waals surface area contributed by atoms with Crippen molar-refractivity contribution in [1.29, 1.82) is 0 Å². The first-order valence-corrected chi connectivity index (χ1v) is 15.1. The van der Waals surface area contributed by atoms with Gasteiger partial charge in [0.05, 0.1) is 0 Å². The van der Waals surface area contributed by atoms with Crippen LogP contribution in [0.1, 0.15) is 112 Å². The van der Waals surface area contributed by atoms with E-state index >= 15 is 0 Å². The fourth-order valence-electron chi connectivity index (χ4n) is 4.08. The topological polar surface area (TPSA) is 0 Å². The Morgan fingerprint density at radius 1 is 0.789 bits per heavy atom. The lowest BCUT2D eigenvalue weighted by Crippen LogP contribution is -2.24. The Kier molecular flexibility index (Phi) is 29.3. The van der Waals surface area contributed by atoms with Crippen molar-refractivity contribution in [1.82, 2.24) is 0 Å². The zero-order valence-electron chi connectivity index (χ0n) is 27.3. The lowest BCUT2D eigenvalue weighted by atomic mass is 9.70. The zero-order valence-corrected chi connectivity index (χ0v) is 27.3. The average Bonchev–Trinajstić information content (AvgIpc) is 2.97. The Hall–Kier alpha value is -2.34. The largest absolute Gasteiger partial charge is 0.106 e. The molecule has 0 heterocycles. The van der Waals surface area contributed by atoms with Gasteiger partial charge in [0.2, 0.25) is 0 Å². The van der Waals surface area contributed by atoms with E-state index in [0.29, 0.717) is 5.92 Å². The molecule has 5 rings (SSSR count). The van der Waals surface area contributed by atoms with Crippen LogP contribution in [-0.2, 0) is 6.42 Å². The highest BCUT2D eigenvalue weighted by Crippen LogP contribution is 2.39. The third kappa shape index (κ3) is 20.7. The number of hydrogen-bond acceptors (Lipinski definition) is 0. The molecule has 1 fully saturated rings. The molecule has 2 aromatic carbocycles. The first-order valence-electron chi connectivity index (χ1n) is 15.1. The van der Waals surface area contributed by atoms with Gasteiger partial charge in [-0.2, -0.15) is 0 Å². The van der Waals surface area contributed by atoms with Crippen LogP contribution in [0.4, 0.5) is 0 Å². The van der Waals surface area contributed by atoms with Crippen LogP contribution >= 0.6 is 0 Å². The molecule has 0 heteroatoms. The van der Waals surface area contributed by atoms with Gasteiger partial charge < -0.3 is 0 Å². The van der Waals surface area contributed by atoms with Gasteiger partial charge in [0, 0.05) is 0 Å². The van der Waals surface area contributed by atoms with E-state index in [0.717, 1.165) is 30.1 Å². The summed E-state index contributed by atoms with van der Waals surface area (Å²) in [6, 6.07) is 21.1. The summed E-state index contributed by atoms with van der Waals surface area (Å²) in [7, 11) is 0. The molecule has 216 valence electrons. The quantitative estimate of drug-likeness (QED) is 0.353. The van der Waals surface area contributed by atoms with E-state index in [4.69, 9.17) is 0 Å². The standard InChI is InChI=1S/C11H16.C9H14.C8H10.C4H8.2C2H6.C2H4/c1-9(2)10(3)11-7-5-4-6-8-11;1-7-6-8-2-4-9(7)5-3-8;1-2-8-6-4-3-5-7-8;1-4(2)3;3*1-2/h4-10H,1-3H3;2,4,7-9H,3,5-6H2,1H3;3-7H,2H2,1H3;1H2,2-3H3;2*1-2H3;1-2H2/t;7-,8?,9?;;;;;/m.1...../s1. The number of allylic oxidation sites excluding steroid dienone is 3. The van der Waals surface area contributed by atoms with Crippen molar-refractivity contribution in [2.75, 3.05) is 0 Å². The van der Waals surface area contributed by atoms with Gasteiger partial charge >= 0.3 is 0 Å². The molecule has 0 N–H and O–H groups in total. The summed E-state index contributed by atoms with van der Waals surface area (Å²) >= 11 is 0. The van der Waals surface area contributed by atoms with Crippen LogP contribution < -0.4 is 0 Å². The molecule has 38 heavy (non-hydrogen) atoms. The van der Waals surface area contributed by atoms with Crippen molar-refractivity contribution in [3.63, 3.8) is 0 Å². The predicted molar refractivity (Wildman–Crippen MR) is 179 cm³/mol. The van der Waals surface area contributed by atoms with E-state index < -0.39 is 0 Å². The van der Waals surface area contributed by atoms with Gasteiger partial charge in [-0.3, -0.25) is 0 Å². The molecule has 1 saturated carbocycles. The average molecular weight is 521 g/mol. The second-order valence-corrected chi connectivity index (χ2v) is 10.1. The minimum atomic E-state index is 0.677. The van der Waals surface area contributed by atoms with Crippen LogP contribution in [0.5, 0.6) is 0 Å². The molecular weight excluding hydrogens is 456 g/mol. The molecule has 0 radical (unpaired) electrons. The molecule has 3 aliphatic carbocycles. The smallest absolute Gasteiger partial charge is 0.0167 e. The fourth-order valence-corrected chi connectivity index (χ4v) is 4.08. The lowest BCUT2D eigenvalue weighted by molar-refractivity contribution is 0.238. The Labute approximate surface area is 240 Å². The maximum absolute atomic E-state index is 3.56. The van der Waals surface area contributed by atoms with E-state index in [1.165, 1.54) is 36.0 Å². The van der Waals surface area contributed by atoms with Crippen molar-refractivity contribution < 1.29 is 0 Å². The summed E-state index contributed by atoms with van der Waals surface area (Å²) in [4.78, 5) is 0. The molecule has 0 aliphatic heterocycles. The van der Waals surface area contributed by atoms with Crippen molar-refractivity contribution >= 4 is 0 Å². The number of aryl methyl sites for hydroxylation is 1. The van der Waals surface area contributed by atoms with Gasteiger partial charge in [-0.05, 0) is 80.2 Å². The molecule has 0 amide bonds. The number of hydrogen-bond donors (Lipinski definition) is 0. The van der Waals surface area contributed by atoms with E-state index in [9.17, 15) is 0 Å². The molecule has 2 aromatic rings. The lowest BCUT2D eigenvalue weighted by Gasteiger charge is -2.35. The summed E-state index contributed by atoms with van der Waals surface area (Å²) in [5, 5.41) is 0. The highest BCUT2D eigenvalue weighted by atomic mass is 14.3. The van der Waals surface area contributed by atoms with E-state index in [2.05, 4.69) is 121 Å². The van der Waals surface area contributed by atoms with Crippen LogP contribution in [0, 0.1) is 23.7 Å². The van der Waals surface area contributed by atoms with Gasteiger partial charge in [0.15, 0.2) is 0 Å². The monoisotopic (exact) mass is 521 g/mol. The Morgan fingerprint density at radius 2 is 1.24 bits per heavy atom. The van der Waals surface area contributed by atoms with Crippen LogP contribution in [0.2, 0.25) is 0 Å². The van der Waals surface area contributed by atoms with Gasteiger partial charge in [-0.1, -0.05) is 141 Å². The molecule has 4 atom stereocenters. The van der Waals surface area contributed by atoms with E-state index in [1.807, 2.05) is 47.6 Å². The fraction of sp³-hybridized carbons (Fsp3) is 0.526. The molecule has 0 spiro atoms. The second-order valence-electron chi connectivity index (χ2n) is 10.1. The number of rotatable bonds is 3. The van der Waals surface area contributed by atoms with Gasteiger partial charge in [-0.25, -0.2) is 0 Å². The summed E-state index contributed by atoms with van der Waals surface area (Å²) in [6.45, 7) is 32.9. The molecule has 3 aliphatic rings. The molecule has 0 saturated heterocycles.